The summed E-state index contributed by atoms with van der Waals surface area (Å²) in [5, 5.41) is 14.1. The van der Waals surface area contributed by atoms with E-state index in [9.17, 15) is 33.6 Å². The summed E-state index contributed by atoms with van der Waals surface area (Å²) in [4.78, 5) is 96.7. The molecule has 14 nitrogen and oxygen atoms in total. The van der Waals surface area contributed by atoms with E-state index >= 15 is 0 Å². The van der Waals surface area contributed by atoms with Crippen LogP contribution in [0.1, 0.15) is 126 Å². The molecule has 1 saturated heterocycles. The van der Waals surface area contributed by atoms with Crippen LogP contribution in [0, 0.1) is 28.6 Å². The second-order valence-electron chi connectivity index (χ2n) is 17.9. The summed E-state index contributed by atoms with van der Waals surface area (Å²) in [5.41, 5.74) is -1.49. The SMILES string of the molecule is CCC[C@H](NC(=O)[C@@H]1[C@H]2CCC[C@H]2CN1C(=O)[C@@H](NC(=O)[C@@H](NC(=O)[C@H](NC(=O)OC)C(C)(C)C)C1CCCCC1)C(C)(C)C)C(=O)C(=O)NC1CC1. The van der Waals surface area contributed by atoms with Crippen LogP contribution in [0.3, 0.4) is 0 Å². The van der Waals surface area contributed by atoms with Gasteiger partial charge in [0.1, 0.15) is 24.2 Å². The molecule has 1 aliphatic heterocycles. The molecule has 0 unspecified atom stereocenters. The van der Waals surface area contributed by atoms with Crippen LogP contribution in [0.25, 0.3) is 0 Å². The number of rotatable bonds is 14. The third kappa shape index (κ3) is 10.7. The lowest BCUT2D eigenvalue weighted by atomic mass is 9.81. The lowest BCUT2D eigenvalue weighted by Crippen LogP contribution is -2.64. The molecule has 1 heterocycles. The van der Waals surface area contributed by atoms with Crippen molar-refractivity contribution in [1.29, 1.82) is 0 Å². The van der Waals surface area contributed by atoms with Crippen molar-refractivity contribution in [3.05, 3.63) is 0 Å². The fourth-order valence-corrected chi connectivity index (χ4v) is 8.33. The van der Waals surface area contributed by atoms with Crippen molar-refractivity contribution < 1.29 is 38.3 Å². The zero-order chi connectivity index (χ0) is 39.2. The van der Waals surface area contributed by atoms with Gasteiger partial charge in [-0.2, -0.15) is 0 Å². The maximum absolute atomic E-state index is 14.7. The van der Waals surface area contributed by atoms with Gasteiger partial charge in [0.05, 0.1) is 13.2 Å². The van der Waals surface area contributed by atoms with Crippen LogP contribution < -0.4 is 26.6 Å². The van der Waals surface area contributed by atoms with Crippen molar-refractivity contribution in [1.82, 2.24) is 31.5 Å². The van der Waals surface area contributed by atoms with Crippen molar-refractivity contribution >= 4 is 41.4 Å². The average molecular weight is 745 g/mol. The molecule has 4 rings (SSSR count). The van der Waals surface area contributed by atoms with Crippen LogP contribution >= 0.6 is 0 Å². The van der Waals surface area contributed by atoms with Gasteiger partial charge < -0.3 is 36.2 Å². The molecular formula is C39H64N6O8. The minimum Gasteiger partial charge on any atom is -0.453 e. The van der Waals surface area contributed by atoms with Gasteiger partial charge in [-0.1, -0.05) is 80.6 Å². The number of Topliss-reactive ketones (excluding diaryl/α,β-unsaturated/α-hetero) is 1. The van der Waals surface area contributed by atoms with Crippen LogP contribution in [0.2, 0.25) is 0 Å². The molecule has 6 amide bonds. The van der Waals surface area contributed by atoms with Gasteiger partial charge in [0.15, 0.2) is 0 Å². The Balaban J connectivity index is 1.58. The summed E-state index contributed by atoms with van der Waals surface area (Å²) in [6.07, 6.45) is 8.51. The van der Waals surface area contributed by atoms with Crippen LogP contribution in [-0.4, -0.2) is 96.2 Å². The Morgan fingerprint density at radius 1 is 0.736 bits per heavy atom. The number of fused-ring (bicyclic) bond motifs is 1. The molecule has 3 saturated carbocycles. The molecule has 7 atom stereocenters. The minimum atomic E-state index is -1.05. The Labute approximate surface area is 314 Å². The Hall–Kier alpha value is -3.71. The molecule has 5 N–H and O–H groups in total. The first kappa shape index (κ1) is 42.0. The lowest BCUT2D eigenvalue weighted by molar-refractivity contribution is -0.146. The highest BCUT2D eigenvalue weighted by atomic mass is 16.5. The van der Waals surface area contributed by atoms with E-state index in [0.717, 1.165) is 51.4 Å². The average Bonchev–Trinajstić information content (AvgIpc) is 3.66. The molecule has 298 valence electrons. The number of amides is 6. The summed E-state index contributed by atoms with van der Waals surface area (Å²) < 4.78 is 4.77. The van der Waals surface area contributed by atoms with Gasteiger partial charge in [0.2, 0.25) is 29.4 Å². The Bertz CT molecular complexity index is 1380. The highest BCUT2D eigenvalue weighted by molar-refractivity contribution is 6.38. The maximum atomic E-state index is 14.7. The molecule has 0 bridgehead atoms. The standard InChI is InChI=1S/C39H64N6O8/c1-9-14-26(29(46)34(49)40-24-19-20-24)41-33(48)28-25-18-13-17-23(25)21-45(28)36(51)31(39(5,6)7)43-32(47)27(22-15-11-10-12-16-22)42-35(50)30(38(2,3)4)44-37(52)53-8/h22-28,30-31H,9-21H2,1-8H3,(H,40,49)(H,41,48)(H,42,50)(H,43,47)(H,44,52)/t23-,25-,26-,27-,28-,30-,31+/m0/s1. The summed E-state index contributed by atoms with van der Waals surface area (Å²) in [6.45, 7) is 13.2. The molecule has 53 heavy (non-hydrogen) atoms. The number of carbonyl (C=O) groups excluding carboxylic acids is 7. The molecule has 3 aliphatic carbocycles. The predicted molar refractivity (Wildman–Crippen MR) is 198 cm³/mol. The summed E-state index contributed by atoms with van der Waals surface area (Å²) in [7, 11) is 1.22. The van der Waals surface area contributed by atoms with Crippen molar-refractivity contribution in [2.75, 3.05) is 13.7 Å². The highest BCUT2D eigenvalue weighted by Gasteiger charge is 2.52. The molecule has 0 radical (unpaired) electrons. The van der Waals surface area contributed by atoms with E-state index in [2.05, 4.69) is 26.6 Å². The third-order valence-electron chi connectivity index (χ3n) is 11.5. The fourth-order valence-electron chi connectivity index (χ4n) is 8.33. The molecular weight excluding hydrogens is 680 g/mol. The first-order chi connectivity index (χ1) is 24.9. The second-order valence-corrected chi connectivity index (χ2v) is 17.9. The van der Waals surface area contributed by atoms with E-state index < -0.39 is 82.5 Å². The van der Waals surface area contributed by atoms with E-state index in [1.54, 1.807) is 25.7 Å². The van der Waals surface area contributed by atoms with E-state index in [-0.39, 0.29) is 30.2 Å². The predicted octanol–water partition coefficient (Wildman–Crippen LogP) is 3.11. The number of ether oxygens (including phenoxy) is 1. The minimum absolute atomic E-state index is 0.00126. The monoisotopic (exact) mass is 744 g/mol. The molecule has 4 fully saturated rings. The third-order valence-corrected chi connectivity index (χ3v) is 11.5. The van der Waals surface area contributed by atoms with Gasteiger partial charge in [-0.05, 0) is 73.5 Å². The first-order valence-corrected chi connectivity index (χ1v) is 19.8. The quantitative estimate of drug-likeness (QED) is 0.168. The number of ketones is 1. The number of methoxy groups -OCH3 is 1. The largest absolute Gasteiger partial charge is 0.453 e. The van der Waals surface area contributed by atoms with Gasteiger partial charge >= 0.3 is 6.09 Å². The second kappa shape index (κ2) is 17.6. The van der Waals surface area contributed by atoms with E-state index in [4.69, 9.17) is 4.74 Å². The lowest BCUT2D eigenvalue weighted by Gasteiger charge is -2.39. The Morgan fingerprint density at radius 3 is 1.94 bits per heavy atom. The topological polar surface area (TPSA) is 192 Å². The van der Waals surface area contributed by atoms with Crippen molar-refractivity contribution in [2.24, 2.45) is 28.6 Å². The van der Waals surface area contributed by atoms with Crippen LogP contribution in [0.5, 0.6) is 0 Å². The highest BCUT2D eigenvalue weighted by Crippen LogP contribution is 2.43. The smallest absolute Gasteiger partial charge is 0.407 e. The van der Waals surface area contributed by atoms with E-state index in [0.29, 0.717) is 25.8 Å². The number of nitrogens with one attached hydrogen (secondary N) is 5. The number of hydrogen-bond donors (Lipinski definition) is 5. The molecule has 4 aliphatic rings. The summed E-state index contributed by atoms with van der Waals surface area (Å²) in [5.74, 6) is -3.48. The molecule has 0 spiro atoms. The fraction of sp³-hybridized carbons (Fsp3) is 0.821. The molecule has 14 heteroatoms. The molecule has 0 aromatic rings. The number of likely N-dealkylation sites (tertiary alicyclic amines) is 1. The number of carbonyl (C=O) groups is 7. The zero-order valence-electron chi connectivity index (χ0n) is 33.1. The first-order valence-electron chi connectivity index (χ1n) is 19.8. The molecule has 0 aromatic heterocycles. The van der Waals surface area contributed by atoms with Crippen LogP contribution in [0.15, 0.2) is 0 Å². The van der Waals surface area contributed by atoms with Crippen LogP contribution in [0.4, 0.5) is 4.79 Å². The van der Waals surface area contributed by atoms with Gasteiger partial charge in [-0.15, -0.1) is 0 Å². The number of hydrogen-bond acceptors (Lipinski definition) is 8. The van der Waals surface area contributed by atoms with Crippen molar-refractivity contribution in [3.8, 4) is 0 Å². The van der Waals surface area contributed by atoms with Gasteiger partial charge in [-0.3, -0.25) is 28.8 Å². The number of nitrogens with zero attached hydrogens (tertiary/aromatic N) is 1. The van der Waals surface area contributed by atoms with Crippen molar-refractivity contribution in [2.45, 2.75) is 162 Å². The Kier molecular flexibility index (Phi) is 14.0. The van der Waals surface area contributed by atoms with E-state index in [1.807, 2.05) is 27.7 Å². The van der Waals surface area contributed by atoms with Gasteiger partial charge in [0, 0.05) is 12.6 Å². The summed E-state index contributed by atoms with van der Waals surface area (Å²) >= 11 is 0. The van der Waals surface area contributed by atoms with Gasteiger partial charge in [-0.25, -0.2) is 4.79 Å². The zero-order valence-corrected chi connectivity index (χ0v) is 33.1. The van der Waals surface area contributed by atoms with E-state index in [1.165, 1.54) is 7.11 Å². The number of alkyl carbamates (subject to hydrolysis) is 1. The Morgan fingerprint density at radius 2 is 1.38 bits per heavy atom. The van der Waals surface area contributed by atoms with Crippen molar-refractivity contribution in [3.63, 3.8) is 0 Å². The summed E-state index contributed by atoms with van der Waals surface area (Å²) in [6, 6.07) is -4.88. The van der Waals surface area contributed by atoms with Crippen LogP contribution in [-0.2, 0) is 33.5 Å². The maximum Gasteiger partial charge on any atom is 0.407 e. The normalized spacial score (nSPS) is 24.2. The molecule has 0 aromatic carbocycles. The van der Waals surface area contributed by atoms with Gasteiger partial charge in [0.25, 0.3) is 5.91 Å².